The van der Waals surface area contributed by atoms with Crippen molar-refractivity contribution in [2.45, 2.75) is 43.0 Å². The van der Waals surface area contributed by atoms with E-state index in [9.17, 15) is 8.42 Å². The number of hydrogen-bond donors (Lipinski definition) is 1. The summed E-state index contributed by atoms with van der Waals surface area (Å²) < 4.78 is 27.2. The zero-order valence-electron chi connectivity index (χ0n) is 11.6. The number of sulfonamides is 1. The summed E-state index contributed by atoms with van der Waals surface area (Å²) in [6.07, 6.45) is 5.42. The van der Waals surface area contributed by atoms with Crippen LogP contribution < -0.4 is 5.32 Å². The average Bonchev–Trinajstić information content (AvgIpc) is 3.12. The summed E-state index contributed by atoms with van der Waals surface area (Å²) in [5.41, 5.74) is 1.13. The highest BCUT2D eigenvalue weighted by atomic mass is 32.2. The molecule has 0 amide bonds. The van der Waals surface area contributed by atoms with Gasteiger partial charge in [0.05, 0.1) is 0 Å². The third kappa shape index (κ3) is 3.14. The molecule has 0 atom stereocenters. The van der Waals surface area contributed by atoms with E-state index in [1.807, 2.05) is 13.0 Å². The van der Waals surface area contributed by atoms with Gasteiger partial charge in [-0.3, -0.25) is 0 Å². The Balaban J connectivity index is 1.71. The second kappa shape index (κ2) is 5.60. The molecule has 1 aliphatic heterocycles. The third-order valence-corrected chi connectivity index (χ3v) is 7.07. The molecule has 1 N–H and O–H groups in total. The first-order valence-corrected chi connectivity index (χ1v) is 9.29. The Morgan fingerprint density at radius 3 is 2.90 bits per heavy atom. The highest BCUT2D eigenvalue weighted by Gasteiger charge is 2.27. The van der Waals surface area contributed by atoms with Crippen molar-refractivity contribution in [1.29, 1.82) is 0 Å². The molecule has 1 fully saturated rings. The van der Waals surface area contributed by atoms with E-state index in [4.69, 9.17) is 0 Å². The Bertz CT molecular complexity index is 615. The van der Waals surface area contributed by atoms with Crippen LogP contribution in [-0.4, -0.2) is 31.9 Å². The van der Waals surface area contributed by atoms with Crippen LogP contribution in [0.3, 0.4) is 0 Å². The summed E-state index contributed by atoms with van der Waals surface area (Å²) in [6.45, 7) is 3.88. The topological polar surface area (TPSA) is 49.4 Å². The lowest BCUT2D eigenvalue weighted by molar-refractivity contribution is 0.429. The van der Waals surface area contributed by atoms with Gasteiger partial charge in [0.2, 0.25) is 0 Å². The predicted octanol–water partition coefficient (Wildman–Crippen LogP) is 2.34. The first-order valence-electron chi connectivity index (χ1n) is 7.03. The summed E-state index contributed by atoms with van der Waals surface area (Å²) in [6, 6.07) is 4.32. The molecule has 2 heterocycles. The second-order valence-electron chi connectivity index (χ2n) is 5.55. The molecule has 0 unspecified atom stereocenters. The Morgan fingerprint density at radius 2 is 2.20 bits per heavy atom. The SMILES string of the molecule is CC1=CCCN(S(=O)(=O)c2ccc(CNC3CC3)s2)C1. The number of rotatable bonds is 5. The van der Waals surface area contributed by atoms with Crippen molar-refractivity contribution < 1.29 is 8.42 Å². The van der Waals surface area contributed by atoms with Gasteiger partial charge in [0.15, 0.2) is 0 Å². The van der Waals surface area contributed by atoms with E-state index >= 15 is 0 Å². The van der Waals surface area contributed by atoms with Crippen LogP contribution in [-0.2, 0) is 16.6 Å². The fourth-order valence-electron chi connectivity index (χ4n) is 2.33. The first kappa shape index (κ1) is 14.3. The van der Waals surface area contributed by atoms with E-state index < -0.39 is 10.0 Å². The smallest absolute Gasteiger partial charge is 0.252 e. The maximum Gasteiger partial charge on any atom is 0.252 e. The third-order valence-electron chi connectivity index (χ3n) is 3.67. The van der Waals surface area contributed by atoms with Crippen LogP contribution >= 0.6 is 11.3 Å². The van der Waals surface area contributed by atoms with Gasteiger partial charge in [-0.15, -0.1) is 11.3 Å². The van der Waals surface area contributed by atoms with E-state index in [2.05, 4.69) is 11.4 Å². The molecule has 110 valence electrons. The van der Waals surface area contributed by atoms with Gasteiger partial charge in [-0.05, 0) is 38.3 Å². The second-order valence-corrected chi connectivity index (χ2v) is 8.89. The summed E-state index contributed by atoms with van der Waals surface area (Å²) >= 11 is 1.39. The first-order chi connectivity index (χ1) is 9.55. The molecule has 0 aromatic carbocycles. The van der Waals surface area contributed by atoms with Crippen LogP contribution in [0.25, 0.3) is 0 Å². The number of hydrogen-bond acceptors (Lipinski definition) is 4. The molecule has 0 saturated heterocycles. The molecule has 0 bridgehead atoms. The van der Waals surface area contributed by atoms with Gasteiger partial charge in [0.25, 0.3) is 10.0 Å². The van der Waals surface area contributed by atoms with Crippen molar-refractivity contribution in [2.24, 2.45) is 0 Å². The van der Waals surface area contributed by atoms with E-state index in [-0.39, 0.29) is 0 Å². The van der Waals surface area contributed by atoms with Gasteiger partial charge in [-0.25, -0.2) is 8.42 Å². The molecule has 3 rings (SSSR count). The fourth-order valence-corrected chi connectivity index (χ4v) is 5.29. The minimum atomic E-state index is -3.31. The zero-order chi connectivity index (χ0) is 14.2. The molecule has 1 aromatic rings. The van der Waals surface area contributed by atoms with Crippen molar-refractivity contribution in [3.8, 4) is 0 Å². The number of nitrogens with zero attached hydrogens (tertiary/aromatic N) is 1. The molecule has 0 radical (unpaired) electrons. The molecular formula is C14H20N2O2S2. The monoisotopic (exact) mass is 312 g/mol. The lowest BCUT2D eigenvalue weighted by Gasteiger charge is -2.24. The number of nitrogens with one attached hydrogen (secondary N) is 1. The van der Waals surface area contributed by atoms with Crippen LogP contribution in [0.4, 0.5) is 0 Å². The van der Waals surface area contributed by atoms with Gasteiger partial charge < -0.3 is 5.32 Å². The molecule has 1 aliphatic carbocycles. The Labute approximate surface area is 124 Å². The predicted molar refractivity (Wildman–Crippen MR) is 81.3 cm³/mol. The normalized spacial score (nSPS) is 20.9. The molecule has 6 heteroatoms. The zero-order valence-corrected chi connectivity index (χ0v) is 13.3. The van der Waals surface area contributed by atoms with Crippen molar-refractivity contribution in [3.63, 3.8) is 0 Å². The molecule has 4 nitrogen and oxygen atoms in total. The lowest BCUT2D eigenvalue weighted by Crippen LogP contribution is -2.34. The molecule has 1 aromatic heterocycles. The lowest BCUT2D eigenvalue weighted by atomic mass is 10.2. The van der Waals surface area contributed by atoms with Crippen LogP contribution in [0.5, 0.6) is 0 Å². The molecule has 0 spiro atoms. The van der Waals surface area contributed by atoms with Crippen LogP contribution in [0.1, 0.15) is 31.1 Å². The number of thiophene rings is 1. The quantitative estimate of drug-likeness (QED) is 0.849. The standard InChI is InChI=1S/C14H20N2O2S2/c1-11-3-2-8-16(10-11)20(17,18)14-7-6-13(19-14)9-15-12-4-5-12/h3,6-7,12,15H,2,4-5,8-10H2,1H3. The van der Waals surface area contributed by atoms with Crippen LogP contribution in [0.2, 0.25) is 0 Å². The van der Waals surface area contributed by atoms with Gasteiger partial charge in [-0.1, -0.05) is 11.6 Å². The summed E-state index contributed by atoms with van der Waals surface area (Å²) in [5.74, 6) is 0. The van der Waals surface area contributed by atoms with Gasteiger partial charge >= 0.3 is 0 Å². The maximum atomic E-state index is 12.6. The van der Waals surface area contributed by atoms with E-state index in [1.54, 1.807) is 10.4 Å². The Hall–Kier alpha value is -0.690. The molecule has 2 aliphatic rings. The van der Waals surface area contributed by atoms with E-state index in [0.29, 0.717) is 23.3 Å². The van der Waals surface area contributed by atoms with Crippen molar-refractivity contribution >= 4 is 21.4 Å². The summed E-state index contributed by atoms with van der Waals surface area (Å²) in [7, 11) is -3.31. The molecule has 20 heavy (non-hydrogen) atoms. The highest BCUT2D eigenvalue weighted by molar-refractivity contribution is 7.91. The van der Waals surface area contributed by atoms with Crippen molar-refractivity contribution in [1.82, 2.24) is 9.62 Å². The van der Waals surface area contributed by atoms with Gasteiger partial charge in [-0.2, -0.15) is 4.31 Å². The van der Waals surface area contributed by atoms with Crippen molar-refractivity contribution in [3.05, 3.63) is 28.7 Å². The minimum Gasteiger partial charge on any atom is -0.309 e. The molecule has 1 saturated carbocycles. The fraction of sp³-hybridized carbons (Fsp3) is 0.571. The largest absolute Gasteiger partial charge is 0.309 e. The molecular weight excluding hydrogens is 292 g/mol. The van der Waals surface area contributed by atoms with E-state index in [1.165, 1.54) is 24.2 Å². The van der Waals surface area contributed by atoms with E-state index in [0.717, 1.165) is 23.4 Å². The summed E-state index contributed by atoms with van der Waals surface area (Å²) in [4.78, 5) is 1.10. The average molecular weight is 312 g/mol. The van der Waals surface area contributed by atoms with Gasteiger partial charge in [0.1, 0.15) is 4.21 Å². The van der Waals surface area contributed by atoms with Crippen LogP contribution in [0, 0.1) is 0 Å². The van der Waals surface area contributed by atoms with Crippen LogP contribution in [0.15, 0.2) is 28.0 Å². The van der Waals surface area contributed by atoms with Gasteiger partial charge in [0, 0.05) is 30.6 Å². The minimum absolute atomic E-state index is 0.472. The maximum absolute atomic E-state index is 12.6. The summed E-state index contributed by atoms with van der Waals surface area (Å²) in [5, 5.41) is 3.42. The Kier molecular flexibility index (Phi) is 3.99. The van der Waals surface area contributed by atoms with Crippen molar-refractivity contribution in [2.75, 3.05) is 13.1 Å². The Morgan fingerprint density at radius 1 is 1.40 bits per heavy atom. The highest BCUT2D eigenvalue weighted by Crippen LogP contribution is 2.28.